The van der Waals surface area contributed by atoms with Crippen LogP contribution in [0.4, 0.5) is 5.13 Å². The van der Waals surface area contributed by atoms with Gasteiger partial charge in [-0.3, -0.25) is 9.00 Å². The fraction of sp³-hybridized carbons (Fsp3) is 0.636. The minimum Gasteiger partial charge on any atom is -0.481 e. The molecule has 2 heterocycles. The summed E-state index contributed by atoms with van der Waals surface area (Å²) in [5, 5.41) is 11.8. The molecule has 0 unspecified atom stereocenters. The molecule has 0 atom stereocenters. The lowest BCUT2D eigenvalue weighted by molar-refractivity contribution is -0.142. The lowest BCUT2D eigenvalue weighted by Crippen LogP contribution is -2.37. The molecule has 0 amide bonds. The van der Waals surface area contributed by atoms with Crippen LogP contribution in [0.15, 0.2) is 5.38 Å². The highest BCUT2D eigenvalue weighted by molar-refractivity contribution is 7.85. The number of hydrogen-bond acceptors (Lipinski definition) is 5. The summed E-state index contributed by atoms with van der Waals surface area (Å²) in [4.78, 5) is 17.7. The first-order valence-corrected chi connectivity index (χ1v) is 8.07. The summed E-state index contributed by atoms with van der Waals surface area (Å²) in [5.41, 5.74) is -0.380. The summed E-state index contributed by atoms with van der Waals surface area (Å²) in [7, 11) is -0.711. The smallest absolute Gasteiger partial charge is 0.315 e. The number of thiazole rings is 1. The van der Waals surface area contributed by atoms with Gasteiger partial charge in [0, 0.05) is 40.8 Å². The van der Waals surface area contributed by atoms with Gasteiger partial charge in [0.05, 0.1) is 5.69 Å². The van der Waals surface area contributed by atoms with E-state index in [1.807, 2.05) is 0 Å². The first kappa shape index (κ1) is 13.5. The Morgan fingerprint density at radius 1 is 1.50 bits per heavy atom. The second-order valence-corrected chi connectivity index (χ2v) is 7.31. The largest absolute Gasteiger partial charge is 0.481 e. The molecule has 5 nitrogen and oxygen atoms in total. The molecule has 1 aliphatic rings. The van der Waals surface area contributed by atoms with E-state index in [9.17, 15) is 9.00 Å². The van der Waals surface area contributed by atoms with Crippen LogP contribution in [0, 0.1) is 0 Å². The maximum absolute atomic E-state index is 11.3. The maximum atomic E-state index is 11.3. The minimum atomic E-state index is -0.965. The van der Waals surface area contributed by atoms with Crippen molar-refractivity contribution in [3.05, 3.63) is 11.1 Å². The molecule has 1 saturated heterocycles. The molecule has 1 aromatic heterocycles. The SMILES string of the molecule is CC(C)(C(=O)O)c1csc(N2CCS(=O)CC2)n1. The van der Waals surface area contributed by atoms with Crippen LogP contribution >= 0.6 is 11.3 Å². The molecule has 0 saturated carbocycles. The van der Waals surface area contributed by atoms with Crippen LogP contribution in [0.1, 0.15) is 19.5 Å². The topological polar surface area (TPSA) is 70.5 Å². The standard InChI is InChI=1S/C11H16N2O3S2/c1-11(2,9(14)15)8-7-17-10(12-8)13-3-5-18(16)6-4-13/h7H,3-6H2,1-2H3,(H,14,15). The summed E-state index contributed by atoms with van der Waals surface area (Å²) in [5.74, 6) is 0.452. The van der Waals surface area contributed by atoms with Crippen LogP contribution < -0.4 is 4.90 Å². The third-order valence-electron chi connectivity index (χ3n) is 3.12. The molecular formula is C11H16N2O3S2. The molecule has 18 heavy (non-hydrogen) atoms. The third kappa shape index (κ3) is 2.56. The molecule has 1 fully saturated rings. The van der Waals surface area contributed by atoms with Crippen molar-refractivity contribution in [2.45, 2.75) is 19.3 Å². The van der Waals surface area contributed by atoms with Crippen molar-refractivity contribution in [3.8, 4) is 0 Å². The first-order chi connectivity index (χ1) is 8.41. The van der Waals surface area contributed by atoms with Crippen LogP contribution in [-0.4, -0.2) is 44.9 Å². The van der Waals surface area contributed by atoms with Crippen LogP contribution in [0.25, 0.3) is 0 Å². The summed E-state index contributed by atoms with van der Waals surface area (Å²) in [6.07, 6.45) is 0. The van der Waals surface area contributed by atoms with Gasteiger partial charge in [-0.1, -0.05) is 0 Å². The molecule has 0 radical (unpaired) electrons. The van der Waals surface area contributed by atoms with Gasteiger partial charge in [-0.05, 0) is 13.8 Å². The highest BCUT2D eigenvalue weighted by Gasteiger charge is 2.32. The molecule has 100 valence electrons. The molecule has 1 N–H and O–H groups in total. The van der Waals surface area contributed by atoms with Crippen molar-refractivity contribution in [2.24, 2.45) is 0 Å². The Labute approximate surface area is 112 Å². The van der Waals surface area contributed by atoms with Crippen LogP contribution in [0.5, 0.6) is 0 Å². The number of carboxylic acids is 1. The second kappa shape index (κ2) is 4.97. The fourth-order valence-electron chi connectivity index (χ4n) is 1.64. The number of anilines is 1. The van der Waals surface area contributed by atoms with Gasteiger partial charge in [0.2, 0.25) is 0 Å². The van der Waals surface area contributed by atoms with Gasteiger partial charge in [0.1, 0.15) is 5.41 Å². The predicted molar refractivity (Wildman–Crippen MR) is 72.9 cm³/mol. The van der Waals surface area contributed by atoms with Gasteiger partial charge in [0.25, 0.3) is 0 Å². The number of aliphatic carboxylic acids is 1. The Morgan fingerprint density at radius 2 is 2.11 bits per heavy atom. The van der Waals surface area contributed by atoms with Crippen molar-refractivity contribution in [2.75, 3.05) is 29.5 Å². The normalized spacial score (nSPS) is 18.0. The van der Waals surface area contributed by atoms with Gasteiger partial charge in [0.15, 0.2) is 5.13 Å². The number of nitrogens with zero attached hydrogens (tertiary/aromatic N) is 2. The summed E-state index contributed by atoms with van der Waals surface area (Å²) >= 11 is 1.45. The zero-order valence-electron chi connectivity index (χ0n) is 10.4. The Bertz CT molecular complexity index is 474. The Morgan fingerprint density at radius 3 is 2.67 bits per heavy atom. The van der Waals surface area contributed by atoms with Gasteiger partial charge in [-0.2, -0.15) is 0 Å². The lowest BCUT2D eigenvalue weighted by atomic mass is 9.90. The molecule has 0 aromatic carbocycles. The molecule has 0 aliphatic carbocycles. The molecule has 0 bridgehead atoms. The van der Waals surface area contributed by atoms with Crippen LogP contribution in [0.2, 0.25) is 0 Å². The summed E-state index contributed by atoms with van der Waals surface area (Å²) in [6, 6.07) is 0. The second-order valence-electron chi connectivity index (χ2n) is 4.78. The molecule has 7 heteroatoms. The average Bonchev–Trinajstić information content (AvgIpc) is 2.79. The van der Waals surface area contributed by atoms with Gasteiger partial charge >= 0.3 is 5.97 Å². The highest BCUT2D eigenvalue weighted by Crippen LogP contribution is 2.29. The third-order valence-corrected chi connectivity index (χ3v) is 5.29. The van der Waals surface area contributed by atoms with E-state index in [2.05, 4.69) is 9.88 Å². The molecule has 1 aliphatic heterocycles. The van der Waals surface area contributed by atoms with Crippen LogP contribution in [-0.2, 0) is 21.0 Å². The molecule has 1 aromatic rings. The Hall–Kier alpha value is -0.950. The highest BCUT2D eigenvalue weighted by atomic mass is 32.2. The van der Waals surface area contributed by atoms with E-state index in [4.69, 9.17) is 5.11 Å². The van der Waals surface area contributed by atoms with E-state index in [1.165, 1.54) is 11.3 Å². The quantitative estimate of drug-likeness (QED) is 0.901. The molecule has 0 spiro atoms. The number of hydrogen-bond donors (Lipinski definition) is 1. The number of carboxylic acid groups (broad SMARTS) is 1. The predicted octanol–water partition coefficient (Wildman–Crippen LogP) is 1.07. The van der Waals surface area contributed by atoms with E-state index in [1.54, 1.807) is 19.2 Å². The van der Waals surface area contributed by atoms with E-state index >= 15 is 0 Å². The zero-order chi connectivity index (χ0) is 13.3. The monoisotopic (exact) mass is 288 g/mol. The Kier molecular flexibility index (Phi) is 3.72. The zero-order valence-corrected chi connectivity index (χ0v) is 12.0. The first-order valence-electron chi connectivity index (χ1n) is 5.70. The number of carbonyl (C=O) groups is 1. The number of rotatable bonds is 3. The van der Waals surface area contributed by atoms with Crippen molar-refractivity contribution < 1.29 is 14.1 Å². The van der Waals surface area contributed by atoms with Gasteiger partial charge < -0.3 is 10.0 Å². The van der Waals surface area contributed by atoms with Crippen molar-refractivity contribution in [1.82, 2.24) is 4.98 Å². The van der Waals surface area contributed by atoms with E-state index < -0.39 is 22.2 Å². The lowest BCUT2D eigenvalue weighted by Gasteiger charge is -2.25. The van der Waals surface area contributed by atoms with E-state index in [0.29, 0.717) is 17.2 Å². The minimum absolute atomic E-state index is 0.585. The van der Waals surface area contributed by atoms with Gasteiger partial charge in [-0.15, -0.1) is 11.3 Å². The van der Waals surface area contributed by atoms with E-state index in [0.717, 1.165) is 18.2 Å². The van der Waals surface area contributed by atoms with Crippen LogP contribution in [0.3, 0.4) is 0 Å². The average molecular weight is 288 g/mol. The number of aromatic nitrogens is 1. The molecule has 2 rings (SSSR count). The van der Waals surface area contributed by atoms with Gasteiger partial charge in [-0.25, -0.2) is 4.98 Å². The maximum Gasteiger partial charge on any atom is 0.315 e. The van der Waals surface area contributed by atoms with Crippen molar-refractivity contribution in [3.63, 3.8) is 0 Å². The van der Waals surface area contributed by atoms with Crippen molar-refractivity contribution in [1.29, 1.82) is 0 Å². The molecular weight excluding hydrogens is 272 g/mol. The van der Waals surface area contributed by atoms with E-state index in [-0.39, 0.29) is 0 Å². The summed E-state index contributed by atoms with van der Waals surface area (Å²) in [6.45, 7) is 4.76. The van der Waals surface area contributed by atoms with Crippen molar-refractivity contribution >= 4 is 33.2 Å². The summed E-state index contributed by atoms with van der Waals surface area (Å²) < 4.78 is 11.3. The Balaban J connectivity index is 2.16. The fourth-order valence-corrected chi connectivity index (χ4v) is 3.73.